The molecule has 0 aromatic heterocycles. The fourth-order valence-corrected chi connectivity index (χ4v) is 6.44. The van der Waals surface area contributed by atoms with Crippen LogP contribution >= 0.6 is 0 Å². The van der Waals surface area contributed by atoms with E-state index in [1.54, 1.807) is 49.1 Å². The molecule has 0 saturated heterocycles. The molecule has 0 radical (unpaired) electrons. The predicted molar refractivity (Wildman–Crippen MR) is 169 cm³/mol. The number of nitrogens with two attached hydrogens (primary N) is 1. The van der Waals surface area contributed by atoms with E-state index in [2.05, 4.69) is 10.0 Å². The lowest BCUT2D eigenvalue weighted by Gasteiger charge is -2.29. The van der Waals surface area contributed by atoms with Crippen molar-refractivity contribution < 1.29 is 31.9 Å². The Hall–Kier alpha value is -3.71. The smallest absolute Gasteiger partial charge is 0.253 e. The summed E-state index contributed by atoms with van der Waals surface area (Å²) in [6, 6.07) is 11.5. The molecule has 3 aromatic rings. The quantitative estimate of drug-likeness (QED) is 0.198. The van der Waals surface area contributed by atoms with Crippen molar-refractivity contribution in [1.29, 1.82) is 0 Å². The van der Waals surface area contributed by atoms with Crippen molar-refractivity contribution in [3.05, 3.63) is 100 Å². The van der Waals surface area contributed by atoms with Crippen molar-refractivity contribution in [1.82, 2.24) is 14.9 Å². The molecule has 244 valence electrons. The van der Waals surface area contributed by atoms with E-state index in [1.165, 1.54) is 12.1 Å². The van der Waals surface area contributed by atoms with Gasteiger partial charge in [0.05, 0.1) is 17.0 Å². The SMILES string of the molecule is CCCN(CCC)C(=O)c1cc(C)cc(C(=O)NC(Cc2cc(F)cc(F)c2)[C@H](O)[C@H](N)CNS(=O)(=O)c2ccccc2C)c1. The number of carbonyl (C=O) groups is 2. The molecule has 0 aliphatic heterocycles. The second-order valence-corrected chi connectivity index (χ2v) is 12.9. The highest BCUT2D eigenvalue weighted by atomic mass is 32.2. The van der Waals surface area contributed by atoms with Gasteiger partial charge in [-0.05, 0) is 86.2 Å². The van der Waals surface area contributed by atoms with Crippen LogP contribution in [-0.2, 0) is 16.4 Å². The second-order valence-electron chi connectivity index (χ2n) is 11.2. The molecular weight excluding hydrogens is 602 g/mol. The average Bonchev–Trinajstić information content (AvgIpc) is 2.98. The lowest BCUT2D eigenvalue weighted by Crippen LogP contribution is -2.55. The van der Waals surface area contributed by atoms with Gasteiger partial charge in [-0.2, -0.15) is 0 Å². The van der Waals surface area contributed by atoms with Gasteiger partial charge in [-0.15, -0.1) is 0 Å². The number of nitrogens with zero attached hydrogens (tertiary/aromatic N) is 1. The molecule has 0 saturated carbocycles. The normalized spacial score (nSPS) is 13.6. The molecule has 1 unspecified atom stereocenters. The van der Waals surface area contributed by atoms with Crippen molar-refractivity contribution in [3.63, 3.8) is 0 Å². The molecule has 0 aliphatic carbocycles. The number of benzene rings is 3. The van der Waals surface area contributed by atoms with Crippen LogP contribution in [0.4, 0.5) is 8.78 Å². The van der Waals surface area contributed by atoms with Gasteiger partial charge in [0.1, 0.15) is 11.6 Å². The molecule has 12 heteroatoms. The second kappa shape index (κ2) is 16.0. The Morgan fingerprint density at radius 3 is 2.13 bits per heavy atom. The summed E-state index contributed by atoms with van der Waals surface area (Å²) >= 11 is 0. The number of hydrogen-bond acceptors (Lipinski definition) is 6. The number of sulfonamides is 1. The molecule has 3 atom stereocenters. The highest BCUT2D eigenvalue weighted by Crippen LogP contribution is 2.18. The molecule has 0 fully saturated rings. The van der Waals surface area contributed by atoms with Crippen molar-refractivity contribution in [3.8, 4) is 0 Å². The highest BCUT2D eigenvalue weighted by Gasteiger charge is 2.30. The van der Waals surface area contributed by atoms with Gasteiger partial charge >= 0.3 is 0 Å². The van der Waals surface area contributed by atoms with Gasteiger partial charge < -0.3 is 21.1 Å². The van der Waals surface area contributed by atoms with Crippen molar-refractivity contribution >= 4 is 21.8 Å². The van der Waals surface area contributed by atoms with Crippen LogP contribution in [-0.4, -0.2) is 68.1 Å². The molecule has 2 amide bonds. The third-order valence-corrected chi connectivity index (χ3v) is 8.88. The molecule has 0 heterocycles. The molecule has 45 heavy (non-hydrogen) atoms. The summed E-state index contributed by atoms with van der Waals surface area (Å²) in [4.78, 5) is 28.6. The number of hydrogen-bond donors (Lipinski definition) is 4. The van der Waals surface area contributed by atoms with Gasteiger partial charge in [0.25, 0.3) is 11.8 Å². The Labute approximate surface area is 263 Å². The van der Waals surface area contributed by atoms with E-state index >= 15 is 0 Å². The van der Waals surface area contributed by atoms with Crippen LogP contribution in [0.1, 0.15) is 64.1 Å². The number of aliphatic hydroxyl groups is 1. The zero-order chi connectivity index (χ0) is 33.3. The van der Waals surface area contributed by atoms with Gasteiger partial charge in [-0.1, -0.05) is 32.0 Å². The molecule has 3 rings (SSSR count). The van der Waals surface area contributed by atoms with Crippen LogP contribution in [0.15, 0.2) is 65.6 Å². The minimum absolute atomic E-state index is 0.0491. The number of carbonyl (C=O) groups excluding carboxylic acids is 2. The maximum Gasteiger partial charge on any atom is 0.253 e. The number of nitrogens with one attached hydrogen (secondary N) is 2. The standard InChI is InChI=1S/C33H42F2N4O5S/c1-5-11-39(12-6-2)33(42)25-14-21(3)13-24(18-25)32(41)38-29(17-23-15-26(34)19-27(35)16-23)31(40)28(36)20-37-45(43,44)30-10-8-7-9-22(30)4/h7-10,13-16,18-19,28-29,31,37,40H,5-6,11-12,17,20,36H2,1-4H3,(H,38,41)/t28-,29?,31-/m1/s1. The number of amides is 2. The van der Waals surface area contributed by atoms with Crippen LogP contribution in [0.5, 0.6) is 0 Å². The first-order chi connectivity index (χ1) is 21.2. The van der Waals surface area contributed by atoms with E-state index in [4.69, 9.17) is 5.73 Å². The van der Waals surface area contributed by atoms with Gasteiger partial charge in [-0.25, -0.2) is 21.9 Å². The molecule has 3 aromatic carbocycles. The molecule has 0 aliphatic rings. The third kappa shape index (κ3) is 9.89. The number of aliphatic hydroxyl groups excluding tert-OH is 1. The van der Waals surface area contributed by atoms with E-state index in [0.29, 0.717) is 35.8 Å². The monoisotopic (exact) mass is 644 g/mol. The van der Waals surface area contributed by atoms with Gasteiger partial charge in [0, 0.05) is 42.9 Å². The summed E-state index contributed by atoms with van der Waals surface area (Å²) in [5.41, 5.74) is 8.00. The first-order valence-corrected chi connectivity index (χ1v) is 16.4. The molecular formula is C33H42F2N4O5S. The number of aryl methyl sites for hydroxylation is 2. The predicted octanol–water partition coefficient (Wildman–Crippen LogP) is 3.85. The largest absolute Gasteiger partial charge is 0.389 e. The zero-order valence-electron chi connectivity index (χ0n) is 26.0. The van der Waals surface area contributed by atoms with Gasteiger partial charge in [0.2, 0.25) is 10.0 Å². The van der Waals surface area contributed by atoms with E-state index in [0.717, 1.165) is 25.0 Å². The van der Waals surface area contributed by atoms with Crippen LogP contribution in [0.3, 0.4) is 0 Å². The minimum atomic E-state index is -3.98. The highest BCUT2D eigenvalue weighted by molar-refractivity contribution is 7.89. The summed E-state index contributed by atoms with van der Waals surface area (Å²) in [5.74, 6) is -2.55. The van der Waals surface area contributed by atoms with Crippen molar-refractivity contribution in [2.24, 2.45) is 5.73 Å². The van der Waals surface area contributed by atoms with Gasteiger partial charge in [0.15, 0.2) is 0 Å². The van der Waals surface area contributed by atoms with E-state index in [-0.39, 0.29) is 28.4 Å². The lowest BCUT2D eigenvalue weighted by molar-refractivity contribution is 0.0755. The fraction of sp³-hybridized carbons (Fsp3) is 0.394. The van der Waals surface area contributed by atoms with Crippen LogP contribution in [0.25, 0.3) is 0 Å². The Morgan fingerprint density at radius 1 is 0.933 bits per heavy atom. The summed E-state index contributed by atoms with van der Waals surface area (Å²) in [7, 11) is -3.98. The Kier molecular flexibility index (Phi) is 12.7. The fourth-order valence-electron chi connectivity index (χ4n) is 5.13. The Balaban J connectivity index is 1.87. The van der Waals surface area contributed by atoms with Crippen LogP contribution < -0.4 is 15.8 Å². The molecule has 0 spiro atoms. The van der Waals surface area contributed by atoms with Crippen molar-refractivity contribution in [2.45, 2.75) is 70.0 Å². The maximum absolute atomic E-state index is 14.0. The summed E-state index contributed by atoms with van der Waals surface area (Å²) in [6.45, 7) is 8.06. The van der Waals surface area contributed by atoms with Crippen molar-refractivity contribution in [2.75, 3.05) is 19.6 Å². The van der Waals surface area contributed by atoms with Crippen LogP contribution in [0.2, 0.25) is 0 Å². The first-order valence-electron chi connectivity index (χ1n) is 14.9. The third-order valence-electron chi connectivity index (χ3n) is 7.30. The molecule has 0 bridgehead atoms. The molecule has 5 N–H and O–H groups in total. The van der Waals surface area contributed by atoms with Crippen LogP contribution in [0, 0.1) is 25.5 Å². The molecule has 9 nitrogen and oxygen atoms in total. The Morgan fingerprint density at radius 2 is 1.53 bits per heavy atom. The minimum Gasteiger partial charge on any atom is -0.389 e. The van der Waals surface area contributed by atoms with E-state index in [1.807, 2.05) is 13.8 Å². The lowest BCUT2D eigenvalue weighted by atomic mass is 9.95. The Bertz CT molecular complexity index is 1580. The topological polar surface area (TPSA) is 142 Å². The number of rotatable bonds is 15. The zero-order valence-corrected chi connectivity index (χ0v) is 26.8. The van der Waals surface area contributed by atoms with E-state index in [9.17, 15) is 31.9 Å². The van der Waals surface area contributed by atoms with E-state index < -0.39 is 52.3 Å². The number of halogens is 2. The summed E-state index contributed by atoms with van der Waals surface area (Å²) < 4.78 is 56.2. The summed E-state index contributed by atoms with van der Waals surface area (Å²) in [6.07, 6.45) is -0.229. The van der Waals surface area contributed by atoms with Gasteiger partial charge in [-0.3, -0.25) is 9.59 Å². The summed E-state index contributed by atoms with van der Waals surface area (Å²) in [5, 5.41) is 14.0. The first kappa shape index (κ1) is 35.8. The average molecular weight is 645 g/mol. The maximum atomic E-state index is 14.0.